The Bertz CT molecular complexity index is 571. The van der Waals surface area contributed by atoms with Crippen LogP contribution < -0.4 is 5.46 Å². The lowest BCUT2D eigenvalue weighted by atomic mass is 9.75. The molecule has 1 aliphatic rings. The molecule has 0 radical (unpaired) electrons. The van der Waals surface area contributed by atoms with Gasteiger partial charge in [-0.2, -0.15) is 0 Å². The van der Waals surface area contributed by atoms with Crippen molar-refractivity contribution < 1.29 is 28.0 Å². The highest BCUT2D eigenvalue weighted by atomic mass is 19.2. The Balaban J connectivity index is 2.44. The van der Waals surface area contributed by atoms with Crippen LogP contribution in [0.15, 0.2) is 12.1 Å². The van der Waals surface area contributed by atoms with E-state index in [0.717, 1.165) is 12.1 Å². The van der Waals surface area contributed by atoms with Crippen LogP contribution in [0.2, 0.25) is 0 Å². The van der Waals surface area contributed by atoms with Crippen molar-refractivity contribution in [1.82, 2.24) is 0 Å². The molecule has 21 heavy (non-hydrogen) atoms. The van der Waals surface area contributed by atoms with Gasteiger partial charge in [-0.3, -0.25) is 4.79 Å². The third-order valence-corrected chi connectivity index (χ3v) is 4.03. The van der Waals surface area contributed by atoms with Crippen molar-refractivity contribution in [2.24, 2.45) is 0 Å². The van der Waals surface area contributed by atoms with Gasteiger partial charge in [-0.25, -0.2) is 8.78 Å². The molecular formula is C14H17BF2O4. The van der Waals surface area contributed by atoms with Gasteiger partial charge in [0.05, 0.1) is 17.6 Å². The Morgan fingerprint density at radius 2 is 1.62 bits per heavy atom. The fraction of sp³-hybridized carbons (Fsp3) is 0.500. The van der Waals surface area contributed by atoms with E-state index in [-0.39, 0.29) is 11.0 Å². The third-order valence-electron chi connectivity index (χ3n) is 4.03. The van der Waals surface area contributed by atoms with E-state index < -0.39 is 42.3 Å². The number of rotatable bonds is 3. The van der Waals surface area contributed by atoms with Gasteiger partial charge in [0.2, 0.25) is 0 Å². The number of hydrogen-bond acceptors (Lipinski definition) is 3. The molecule has 0 atom stereocenters. The standard InChI is InChI=1S/C14H17BF2O4/c1-13(2)14(3,4)21-15(20-13)9-7-11(17)10(16)5-8(9)6-12(18)19/h5,7H,6H2,1-4H3,(H,18,19). The van der Waals surface area contributed by atoms with Crippen LogP contribution in [0.4, 0.5) is 8.78 Å². The molecule has 7 heteroatoms. The number of carboxylic acid groups (broad SMARTS) is 1. The average molecular weight is 298 g/mol. The van der Waals surface area contributed by atoms with E-state index in [1.54, 1.807) is 0 Å². The van der Waals surface area contributed by atoms with Crippen molar-refractivity contribution in [3.8, 4) is 0 Å². The highest BCUT2D eigenvalue weighted by molar-refractivity contribution is 6.62. The van der Waals surface area contributed by atoms with Gasteiger partial charge in [0.25, 0.3) is 0 Å². The zero-order chi connectivity index (χ0) is 16.0. The molecule has 0 amide bonds. The fourth-order valence-electron chi connectivity index (χ4n) is 2.11. The second-order valence-corrected chi connectivity index (χ2v) is 6.12. The summed E-state index contributed by atoms with van der Waals surface area (Å²) in [6.45, 7) is 7.29. The normalized spacial score (nSPS) is 19.8. The highest BCUT2D eigenvalue weighted by Gasteiger charge is 2.52. The lowest BCUT2D eigenvalue weighted by Crippen LogP contribution is -2.41. The first-order valence-corrected chi connectivity index (χ1v) is 6.59. The monoisotopic (exact) mass is 298 g/mol. The van der Waals surface area contributed by atoms with Crippen LogP contribution in [0.5, 0.6) is 0 Å². The Labute approximate surface area is 122 Å². The Hall–Kier alpha value is -1.47. The average Bonchev–Trinajstić information content (AvgIpc) is 2.52. The van der Waals surface area contributed by atoms with Crippen LogP contribution in [0.25, 0.3) is 0 Å². The molecule has 1 aromatic rings. The van der Waals surface area contributed by atoms with Crippen LogP contribution in [0, 0.1) is 11.6 Å². The van der Waals surface area contributed by atoms with E-state index in [2.05, 4.69) is 0 Å². The van der Waals surface area contributed by atoms with Gasteiger partial charge in [-0.1, -0.05) is 0 Å². The Morgan fingerprint density at radius 1 is 1.14 bits per heavy atom. The van der Waals surface area contributed by atoms with Gasteiger partial charge in [0, 0.05) is 0 Å². The van der Waals surface area contributed by atoms with Crippen molar-refractivity contribution in [2.75, 3.05) is 0 Å². The van der Waals surface area contributed by atoms with Gasteiger partial charge in [-0.15, -0.1) is 0 Å². The molecule has 114 valence electrons. The van der Waals surface area contributed by atoms with Crippen molar-refractivity contribution in [3.63, 3.8) is 0 Å². The maximum absolute atomic E-state index is 13.5. The maximum Gasteiger partial charge on any atom is 0.495 e. The Kier molecular flexibility index (Phi) is 3.84. The van der Waals surface area contributed by atoms with E-state index in [1.165, 1.54) is 0 Å². The molecule has 2 rings (SSSR count). The summed E-state index contributed by atoms with van der Waals surface area (Å²) in [6, 6.07) is 1.82. The molecule has 1 aromatic carbocycles. The lowest BCUT2D eigenvalue weighted by Gasteiger charge is -2.32. The summed E-state index contributed by atoms with van der Waals surface area (Å²) >= 11 is 0. The summed E-state index contributed by atoms with van der Waals surface area (Å²) in [6.07, 6.45) is -0.434. The van der Waals surface area contributed by atoms with Crippen LogP contribution >= 0.6 is 0 Å². The first kappa shape index (κ1) is 15.9. The SMILES string of the molecule is CC1(C)OB(c2cc(F)c(F)cc2CC(=O)O)OC1(C)C. The number of carboxylic acids is 1. The quantitative estimate of drug-likeness (QED) is 0.866. The molecule has 0 unspecified atom stereocenters. The molecule has 0 saturated carbocycles. The summed E-state index contributed by atoms with van der Waals surface area (Å²) in [7, 11) is -0.931. The van der Waals surface area contributed by atoms with Crippen LogP contribution in [0.3, 0.4) is 0 Å². The lowest BCUT2D eigenvalue weighted by molar-refractivity contribution is -0.136. The van der Waals surface area contributed by atoms with E-state index in [0.29, 0.717) is 0 Å². The number of aliphatic carboxylic acids is 1. The van der Waals surface area contributed by atoms with Crippen molar-refractivity contribution in [1.29, 1.82) is 0 Å². The topological polar surface area (TPSA) is 55.8 Å². The molecule has 0 spiro atoms. The summed E-state index contributed by atoms with van der Waals surface area (Å²) in [5.41, 5.74) is -0.957. The van der Waals surface area contributed by atoms with Crippen molar-refractivity contribution in [2.45, 2.75) is 45.3 Å². The molecule has 1 aliphatic heterocycles. The number of halogens is 2. The minimum absolute atomic E-state index is 0.139. The van der Waals surface area contributed by atoms with E-state index in [4.69, 9.17) is 14.4 Å². The van der Waals surface area contributed by atoms with E-state index in [1.807, 2.05) is 27.7 Å². The number of hydrogen-bond donors (Lipinski definition) is 1. The van der Waals surface area contributed by atoms with Gasteiger partial charge >= 0.3 is 13.1 Å². The second kappa shape index (κ2) is 5.07. The predicted molar refractivity (Wildman–Crippen MR) is 73.4 cm³/mol. The van der Waals surface area contributed by atoms with Crippen molar-refractivity contribution >= 4 is 18.6 Å². The van der Waals surface area contributed by atoms with Crippen LogP contribution in [0.1, 0.15) is 33.3 Å². The summed E-state index contributed by atoms with van der Waals surface area (Å²) in [5, 5.41) is 8.90. The molecular weight excluding hydrogens is 281 g/mol. The molecule has 1 N–H and O–H groups in total. The third kappa shape index (κ3) is 2.94. The molecule has 0 aliphatic carbocycles. The minimum Gasteiger partial charge on any atom is -0.481 e. The molecule has 0 aromatic heterocycles. The number of benzene rings is 1. The minimum atomic E-state index is -1.14. The number of carbonyl (C=O) groups is 1. The van der Waals surface area contributed by atoms with Crippen LogP contribution in [-0.4, -0.2) is 29.4 Å². The zero-order valence-electron chi connectivity index (χ0n) is 12.4. The summed E-state index contributed by atoms with van der Waals surface area (Å²) in [4.78, 5) is 10.9. The Morgan fingerprint density at radius 3 is 2.10 bits per heavy atom. The molecule has 0 bridgehead atoms. The summed E-state index contributed by atoms with van der Waals surface area (Å²) < 4.78 is 38.4. The van der Waals surface area contributed by atoms with Gasteiger partial charge in [0.1, 0.15) is 0 Å². The van der Waals surface area contributed by atoms with Gasteiger partial charge in [0.15, 0.2) is 11.6 Å². The predicted octanol–water partition coefficient (Wildman–Crippen LogP) is 1.89. The molecule has 4 nitrogen and oxygen atoms in total. The summed E-state index contributed by atoms with van der Waals surface area (Å²) in [5.74, 6) is -3.29. The largest absolute Gasteiger partial charge is 0.495 e. The van der Waals surface area contributed by atoms with Crippen molar-refractivity contribution in [3.05, 3.63) is 29.3 Å². The van der Waals surface area contributed by atoms with E-state index >= 15 is 0 Å². The van der Waals surface area contributed by atoms with Gasteiger partial charge < -0.3 is 14.4 Å². The van der Waals surface area contributed by atoms with E-state index in [9.17, 15) is 13.6 Å². The second-order valence-electron chi connectivity index (χ2n) is 6.12. The molecule has 1 fully saturated rings. The highest BCUT2D eigenvalue weighted by Crippen LogP contribution is 2.36. The zero-order valence-corrected chi connectivity index (χ0v) is 12.4. The van der Waals surface area contributed by atoms with Gasteiger partial charge in [-0.05, 0) is 50.9 Å². The smallest absolute Gasteiger partial charge is 0.481 e. The first-order chi connectivity index (χ1) is 9.53. The first-order valence-electron chi connectivity index (χ1n) is 6.59. The maximum atomic E-state index is 13.5. The van der Waals surface area contributed by atoms with Crippen LogP contribution in [-0.2, 0) is 20.5 Å². The molecule has 1 heterocycles. The fourth-order valence-corrected chi connectivity index (χ4v) is 2.11. The molecule has 1 saturated heterocycles.